The lowest BCUT2D eigenvalue weighted by Crippen LogP contribution is -2.34. The molecule has 0 radical (unpaired) electrons. The van der Waals surface area contributed by atoms with Gasteiger partial charge < -0.3 is 29.8 Å². The number of aliphatic hydroxyl groups excluding tert-OH is 1. The van der Waals surface area contributed by atoms with E-state index in [4.69, 9.17) is 30.8 Å². The fourth-order valence-electron chi connectivity index (χ4n) is 9.18. The first-order chi connectivity index (χ1) is 41.0. The van der Waals surface area contributed by atoms with Crippen LogP contribution in [0, 0.1) is 0 Å². The lowest BCUT2D eigenvalue weighted by molar-refractivity contribution is -0.149. The molecule has 0 aromatic carbocycles. The predicted molar refractivity (Wildman–Crippen MR) is 372 cm³/mol. The predicted octanol–water partition coefficient (Wildman–Crippen LogP) is 19.5. The number of rotatable bonds is 58. The highest BCUT2D eigenvalue weighted by Gasteiger charge is 2.17. The van der Waals surface area contributed by atoms with Crippen LogP contribution in [0.25, 0.3) is 0 Å². The summed E-state index contributed by atoms with van der Waals surface area (Å²) in [7, 11) is 7.59. The summed E-state index contributed by atoms with van der Waals surface area (Å²) < 4.78 is 19.7. The number of aliphatic hydroxyl groups is 1. The van der Waals surface area contributed by atoms with E-state index in [1.807, 2.05) is 51.8 Å². The molecule has 13 nitrogen and oxygen atoms in total. The molecule has 0 spiro atoms. The Kier molecular flexibility index (Phi) is 91.7. The molecule has 0 aliphatic rings. The molecule has 4 unspecified atom stereocenters. The highest BCUT2D eigenvalue weighted by molar-refractivity contribution is 5.85. The first-order valence-electron chi connectivity index (χ1n) is 36.1. The van der Waals surface area contributed by atoms with E-state index in [1.54, 1.807) is 13.8 Å². The van der Waals surface area contributed by atoms with E-state index in [-0.39, 0.29) is 42.4 Å². The third-order valence-corrected chi connectivity index (χ3v) is 15.6. The van der Waals surface area contributed by atoms with Gasteiger partial charge in [-0.1, -0.05) is 310 Å². The van der Waals surface area contributed by atoms with Gasteiger partial charge in [-0.05, 0) is 81.6 Å². The summed E-state index contributed by atoms with van der Waals surface area (Å²) in [5, 5.41) is 8.61. The second kappa shape index (κ2) is 83.0. The summed E-state index contributed by atoms with van der Waals surface area (Å²) >= 11 is 0. The van der Waals surface area contributed by atoms with Crippen LogP contribution in [0.5, 0.6) is 0 Å². The van der Waals surface area contributed by atoms with E-state index in [9.17, 15) is 19.2 Å². The molecule has 0 aromatic rings. The lowest BCUT2D eigenvalue weighted by Gasteiger charge is -2.17. The Morgan fingerprint density at radius 3 is 0.686 bits per heavy atom. The Bertz CT molecular complexity index is 1230. The zero-order valence-electron chi connectivity index (χ0n) is 59.3. The SMILES string of the molecule is CC(N)OC=O.CCCCCCCCCCCCCCO.CCCCCCCCCCCCCCOC(=O)C(C)N.CCCCCCCCCCCCCCOC(=O)C(C)N(C)C.CCCCCCCCCCCCCCOC(=O)C(C)N(C)C.Cl. The Hall–Kier alpha value is -2.03. The average molecular weight is 1250 g/mol. The van der Waals surface area contributed by atoms with Gasteiger partial charge in [0.25, 0.3) is 6.47 Å². The van der Waals surface area contributed by atoms with Crippen molar-refractivity contribution in [3.05, 3.63) is 0 Å². The summed E-state index contributed by atoms with van der Waals surface area (Å²) in [6, 6.07) is -0.776. The molecule has 86 heavy (non-hydrogen) atoms. The molecule has 0 saturated carbocycles. The van der Waals surface area contributed by atoms with Crippen molar-refractivity contribution >= 4 is 36.8 Å². The van der Waals surface area contributed by atoms with E-state index in [1.165, 1.54) is 276 Å². The first kappa shape index (κ1) is 95.1. The molecule has 0 aliphatic carbocycles. The van der Waals surface area contributed by atoms with E-state index in [0.717, 1.165) is 32.1 Å². The number of nitrogens with two attached hydrogens (primary N) is 2. The average Bonchev–Trinajstić information content (AvgIpc) is 3.53. The molecule has 0 aromatic heterocycles. The third kappa shape index (κ3) is 88.4. The Morgan fingerprint density at radius 2 is 0.535 bits per heavy atom. The van der Waals surface area contributed by atoms with E-state index < -0.39 is 12.3 Å². The molecule has 0 saturated heterocycles. The number of likely N-dealkylation sites (N-methyl/N-ethyl adjacent to an activating group) is 2. The summed E-state index contributed by atoms with van der Waals surface area (Å²) in [5.74, 6) is -0.491. The van der Waals surface area contributed by atoms with Crippen LogP contribution in [0.4, 0.5) is 0 Å². The molecular weight excluding hydrogens is 1100 g/mol. The molecule has 0 rings (SSSR count). The largest absolute Gasteiger partial charge is 0.465 e. The van der Waals surface area contributed by atoms with Crippen molar-refractivity contribution in [1.29, 1.82) is 0 Å². The highest BCUT2D eigenvalue weighted by Crippen LogP contribution is 2.16. The van der Waals surface area contributed by atoms with E-state index in [2.05, 4.69) is 32.4 Å². The van der Waals surface area contributed by atoms with Crippen molar-refractivity contribution in [2.45, 2.75) is 388 Å². The van der Waals surface area contributed by atoms with Gasteiger partial charge in [-0.2, -0.15) is 0 Å². The van der Waals surface area contributed by atoms with Crippen molar-refractivity contribution in [3.63, 3.8) is 0 Å². The summed E-state index contributed by atoms with van der Waals surface area (Å²) in [5.41, 5.74) is 10.4. The summed E-state index contributed by atoms with van der Waals surface area (Å²) in [4.78, 5) is 47.4. The molecular formula is C72H151ClN4O9. The number of hydrogen-bond donors (Lipinski definition) is 3. The van der Waals surface area contributed by atoms with Crippen LogP contribution in [0.2, 0.25) is 0 Å². The van der Waals surface area contributed by atoms with Crippen molar-refractivity contribution in [2.75, 3.05) is 54.6 Å². The second-order valence-corrected chi connectivity index (χ2v) is 24.8. The van der Waals surface area contributed by atoms with Crippen LogP contribution in [0.3, 0.4) is 0 Å². The molecule has 0 heterocycles. The number of carbonyl (C=O) groups excluding carboxylic acids is 4. The maximum atomic E-state index is 11.6. The molecule has 5 N–H and O–H groups in total. The van der Waals surface area contributed by atoms with Crippen LogP contribution >= 0.6 is 12.4 Å². The van der Waals surface area contributed by atoms with Gasteiger partial charge in [-0.15, -0.1) is 12.4 Å². The summed E-state index contributed by atoms with van der Waals surface area (Å²) in [6.07, 6.45) is 63.5. The number of unbranched alkanes of at least 4 members (excludes halogenated alkanes) is 44. The number of carbonyl (C=O) groups is 4. The smallest absolute Gasteiger partial charge is 0.323 e. The molecule has 0 aliphatic heterocycles. The molecule has 0 fully saturated rings. The van der Waals surface area contributed by atoms with Crippen molar-refractivity contribution in [3.8, 4) is 0 Å². The Labute approximate surface area is 541 Å². The standard InChI is InChI=1S/2C19H39NO2.C17H35NO2.C14H30O.C3H7NO2.ClH/c2*1-5-6-7-8-9-10-11-12-13-14-15-16-17-22-19(21)18(2)20(3)4;1-3-4-5-6-7-8-9-10-11-12-13-14-15-20-17(19)16(2)18;1-2-3-4-5-6-7-8-9-10-11-12-13-14-15;1-3(4)6-2-5;/h2*18H,5-17H2,1-4H3;16H,3-15,18H2,1-2H3;15H,2-14H2,1H3;2-3H,4H2,1H3;1H. The Morgan fingerprint density at radius 1 is 0.349 bits per heavy atom. The normalized spacial score (nSPS) is 12.1. The zero-order valence-corrected chi connectivity index (χ0v) is 60.1. The van der Waals surface area contributed by atoms with Gasteiger partial charge in [0.2, 0.25) is 0 Å². The molecule has 0 amide bonds. The van der Waals surface area contributed by atoms with Crippen LogP contribution in [-0.4, -0.2) is 118 Å². The molecule has 14 heteroatoms. The van der Waals surface area contributed by atoms with Crippen molar-refractivity contribution < 1.29 is 43.2 Å². The zero-order chi connectivity index (χ0) is 64.5. The Balaban J connectivity index is -0.000000241. The lowest BCUT2D eigenvalue weighted by atomic mass is 10.1. The number of ether oxygens (including phenoxy) is 4. The number of halogens is 1. The van der Waals surface area contributed by atoms with Crippen LogP contribution in [-0.2, 0) is 38.1 Å². The van der Waals surface area contributed by atoms with E-state index >= 15 is 0 Å². The number of nitrogens with zero attached hydrogens (tertiary/aromatic N) is 2. The topological polar surface area (TPSA) is 184 Å². The van der Waals surface area contributed by atoms with Gasteiger partial charge >= 0.3 is 17.9 Å². The monoisotopic (exact) mass is 1250 g/mol. The highest BCUT2D eigenvalue weighted by atomic mass is 35.5. The van der Waals surface area contributed by atoms with Gasteiger partial charge in [0.05, 0.1) is 19.8 Å². The first-order valence-corrected chi connectivity index (χ1v) is 36.1. The van der Waals surface area contributed by atoms with Gasteiger partial charge in [-0.25, -0.2) is 0 Å². The fourth-order valence-corrected chi connectivity index (χ4v) is 9.18. The fraction of sp³-hybridized carbons (Fsp3) is 0.944. The minimum atomic E-state index is -0.493. The molecule has 520 valence electrons. The number of esters is 3. The molecule has 4 atom stereocenters. The number of hydrogen-bond acceptors (Lipinski definition) is 13. The van der Waals surface area contributed by atoms with Crippen molar-refractivity contribution in [1.82, 2.24) is 9.80 Å². The van der Waals surface area contributed by atoms with Crippen LogP contribution in [0.1, 0.15) is 364 Å². The van der Waals surface area contributed by atoms with Crippen LogP contribution < -0.4 is 11.5 Å². The quantitative estimate of drug-likeness (QED) is 0.0172. The van der Waals surface area contributed by atoms with Gasteiger partial charge in [0.1, 0.15) is 24.4 Å². The summed E-state index contributed by atoms with van der Waals surface area (Å²) in [6.45, 7) is 18.4. The maximum Gasteiger partial charge on any atom is 0.323 e. The maximum absolute atomic E-state index is 11.6. The second-order valence-electron chi connectivity index (χ2n) is 24.8. The molecule has 0 bridgehead atoms. The minimum absolute atomic E-state index is 0. The van der Waals surface area contributed by atoms with Gasteiger partial charge in [0, 0.05) is 6.61 Å². The van der Waals surface area contributed by atoms with E-state index in [0.29, 0.717) is 32.9 Å². The van der Waals surface area contributed by atoms with Gasteiger partial charge in [-0.3, -0.25) is 34.7 Å². The van der Waals surface area contributed by atoms with Crippen molar-refractivity contribution in [2.24, 2.45) is 11.5 Å². The third-order valence-electron chi connectivity index (χ3n) is 15.6. The minimum Gasteiger partial charge on any atom is -0.465 e. The van der Waals surface area contributed by atoms with Crippen LogP contribution in [0.15, 0.2) is 0 Å². The van der Waals surface area contributed by atoms with Gasteiger partial charge in [0.15, 0.2) is 0 Å².